The summed E-state index contributed by atoms with van der Waals surface area (Å²) in [7, 11) is 0. The van der Waals surface area contributed by atoms with E-state index in [2.05, 4.69) is 0 Å². The molecule has 1 rings (SSSR count). The van der Waals surface area contributed by atoms with E-state index in [0.29, 0.717) is 26.1 Å². The van der Waals surface area contributed by atoms with Crippen LogP contribution >= 0.6 is 0 Å². The lowest BCUT2D eigenvalue weighted by Crippen LogP contribution is -2.51. The minimum atomic E-state index is -0.915. The van der Waals surface area contributed by atoms with Crippen LogP contribution < -0.4 is 5.73 Å². The van der Waals surface area contributed by atoms with Gasteiger partial charge in [-0.05, 0) is 6.42 Å². The lowest BCUT2D eigenvalue weighted by atomic mass is 10.1. The number of carbonyl (C=O) groups excluding carboxylic acids is 1. The molecule has 17 heavy (non-hydrogen) atoms. The summed E-state index contributed by atoms with van der Waals surface area (Å²) in [6.07, 6.45) is 1.02. The summed E-state index contributed by atoms with van der Waals surface area (Å²) in [6, 6.07) is -0.483. The van der Waals surface area contributed by atoms with Gasteiger partial charge in [-0.2, -0.15) is 0 Å². The van der Waals surface area contributed by atoms with Crippen molar-refractivity contribution in [1.29, 1.82) is 0 Å². The molecule has 1 saturated heterocycles. The van der Waals surface area contributed by atoms with E-state index in [-0.39, 0.29) is 12.3 Å². The minimum absolute atomic E-state index is 0.0766. The zero-order valence-corrected chi connectivity index (χ0v) is 10.1. The topological polar surface area (TPSA) is 92.9 Å². The van der Waals surface area contributed by atoms with E-state index < -0.39 is 18.1 Å². The van der Waals surface area contributed by atoms with Crippen LogP contribution in [0.3, 0.4) is 0 Å². The summed E-state index contributed by atoms with van der Waals surface area (Å²) in [5.41, 5.74) is 5.76. The first kappa shape index (κ1) is 13.9. The fourth-order valence-corrected chi connectivity index (χ4v) is 1.91. The molecule has 1 fully saturated rings. The van der Waals surface area contributed by atoms with Crippen LogP contribution in [-0.2, 0) is 14.3 Å². The number of amides is 1. The third kappa shape index (κ3) is 4.32. The highest BCUT2D eigenvalue weighted by atomic mass is 16.5. The van der Waals surface area contributed by atoms with E-state index in [0.717, 1.165) is 6.42 Å². The van der Waals surface area contributed by atoms with Crippen LogP contribution in [0.25, 0.3) is 0 Å². The van der Waals surface area contributed by atoms with Gasteiger partial charge in [-0.25, -0.2) is 0 Å². The Bertz CT molecular complexity index is 283. The number of carbonyl (C=O) groups is 2. The van der Waals surface area contributed by atoms with Gasteiger partial charge in [0.2, 0.25) is 5.91 Å². The average molecular weight is 244 g/mol. The van der Waals surface area contributed by atoms with Crippen molar-refractivity contribution in [3.8, 4) is 0 Å². The van der Waals surface area contributed by atoms with Gasteiger partial charge >= 0.3 is 5.97 Å². The number of morpholine rings is 1. The number of carboxylic acids is 1. The number of aliphatic carboxylic acids is 1. The van der Waals surface area contributed by atoms with E-state index >= 15 is 0 Å². The Kier molecular flexibility index (Phi) is 5.37. The van der Waals surface area contributed by atoms with Crippen molar-refractivity contribution in [3.05, 3.63) is 0 Å². The Balaban J connectivity index is 2.48. The Hall–Kier alpha value is -1.14. The van der Waals surface area contributed by atoms with Crippen LogP contribution in [0.15, 0.2) is 0 Å². The number of nitrogens with zero attached hydrogens (tertiary/aromatic N) is 1. The van der Waals surface area contributed by atoms with Crippen LogP contribution in [0.1, 0.15) is 26.2 Å². The van der Waals surface area contributed by atoms with Crippen molar-refractivity contribution in [2.75, 3.05) is 19.7 Å². The Morgan fingerprint density at radius 1 is 1.59 bits per heavy atom. The molecule has 6 nitrogen and oxygen atoms in total. The fraction of sp³-hybridized carbons (Fsp3) is 0.818. The van der Waals surface area contributed by atoms with Crippen molar-refractivity contribution in [2.45, 2.75) is 38.3 Å². The van der Waals surface area contributed by atoms with Gasteiger partial charge in [-0.3, -0.25) is 9.59 Å². The molecule has 0 bridgehead atoms. The summed E-state index contributed by atoms with van der Waals surface area (Å²) >= 11 is 0. The maximum atomic E-state index is 11.9. The molecule has 98 valence electrons. The third-order valence-electron chi connectivity index (χ3n) is 2.77. The second kappa shape index (κ2) is 6.56. The van der Waals surface area contributed by atoms with Crippen LogP contribution in [0.4, 0.5) is 0 Å². The van der Waals surface area contributed by atoms with Gasteiger partial charge in [-0.1, -0.05) is 13.3 Å². The van der Waals surface area contributed by atoms with E-state index in [4.69, 9.17) is 15.6 Å². The summed E-state index contributed by atoms with van der Waals surface area (Å²) in [4.78, 5) is 24.1. The van der Waals surface area contributed by atoms with E-state index in [1.807, 2.05) is 6.92 Å². The van der Waals surface area contributed by atoms with Crippen molar-refractivity contribution in [2.24, 2.45) is 5.73 Å². The van der Waals surface area contributed by atoms with Gasteiger partial charge < -0.3 is 20.5 Å². The summed E-state index contributed by atoms with van der Waals surface area (Å²) in [5, 5.41) is 8.68. The Morgan fingerprint density at radius 3 is 2.88 bits per heavy atom. The highest BCUT2D eigenvalue weighted by molar-refractivity contribution is 5.81. The molecule has 1 heterocycles. The lowest BCUT2D eigenvalue weighted by Gasteiger charge is -2.33. The van der Waals surface area contributed by atoms with Gasteiger partial charge in [0.1, 0.15) is 0 Å². The van der Waals surface area contributed by atoms with Crippen LogP contribution in [0, 0.1) is 0 Å². The predicted molar refractivity (Wildman–Crippen MR) is 61.5 cm³/mol. The molecule has 1 unspecified atom stereocenters. The van der Waals surface area contributed by atoms with Gasteiger partial charge in [0.05, 0.1) is 25.2 Å². The number of nitrogens with two attached hydrogens (primary N) is 1. The van der Waals surface area contributed by atoms with Crippen LogP contribution in [0.5, 0.6) is 0 Å². The standard InChI is InChI=1S/C11H20N2O4/c1-2-3-9(12)11(16)13-4-5-17-8(7-13)6-10(14)15/h8-9H,2-7,12H2,1H3,(H,14,15)/t8?,9-/m0/s1. The van der Waals surface area contributed by atoms with E-state index in [1.54, 1.807) is 4.90 Å². The van der Waals surface area contributed by atoms with E-state index in [1.165, 1.54) is 0 Å². The first-order valence-corrected chi connectivity index (χ1v) is 5.92. The quantitative estimate of drug-likeness (QED) is 0.699. The number of ether oxygens (including phenoxy) is 1. The van der Waals surface area contributed by atoms with Crippen LogP contribution in [0.2, 0.25) is 0 Å². The lowest BCUT2D eigenvalue weighted by molar-refractivity contribution is -0.148. The molecule has 0 aromatic rings. The van der Waals surface area contributed by atoms with Gasteiger partial charge in [-0.15, -0.1) is 0 Å². The molecule has 0 aliphatic carbocycles. The summed E-state index contributed by atoms with van der Waals surface area (Å²) in [6.45, 7) is 3.16. The highest BCUT2D eigenvalue weighted by Gasteiger charge is 2.28. The van der Waals surface area contributed by atoms with E-state index in [9.17, 15) is 9.59 Å². The molecular weight excluding hydrogens is 224 g/mol. The van der Waals surface area contributed by atoms with Crippen molar-refractivity contribution >= 4 is 11.9 Å². The molecule has 3 N–H and O–H groups in total. The summed E-state index contributed by atoms with van der Waals surface area (Å²) in [5.74, 6) is -1.02. The second-order valence-electron chi connectivity index (χ2n) is 4.27. The molecule has 2 atom stereocenters. The number of carboxylic acid groups (broad SMARTS) is 1. The molecule has 0 radical (unpaired) electrons. The van der Waals surface area contributed by atoms with Crippen molar-refractivity contribution in [3.63, 3.8) is 0 Å². The molecule has 1 aliphatic heterocycles. The van der Waals surface area contributed by atoms with Gasteiger partial charge in [0.25, 0.3) is 0 Å². The first-order chi connectivity index (χ1) is 8.04. The number of rotatable bonds is 5. The molecule has 0 aromatic heterocycles. The van der Waals surface area contributed by atoms with Crippen molar-refractivity contribution in [1.82, 2.24) is 4.90 Å². The number of hydrogen-bond acceptors (Lipinski definition) is 4. The second-order valence-corrected chi connectivity index (χ2v) is 4.27. The highest BCUT2D eigenvalue weighted by Crippen LogP contribution is 2.10. The molecule has 0 aromatic carbocycles. The molecule has 1 amide bonds. The van der Waals surface area contributed by atoms with Gasteiger partial charge in [0.15, 0.2) is 0 Å². The van der Waals surface area contributed by atoms with Crippen LogP contribution in [-0.4, -0.2) is 53.7 Å². The average Bonchev–Trinajstić information content (AvgIpc) is 2.28. The fourth-order valence-electron chi connectivity index (χ4n) is 1.91. The molecule has 0 spiro atoms. The zero-order chi connectivity index (χ0) is 12.8. The molecule has 1 aliphatic rings. The zero-order valence-electron chi connectivity index (χ0n) is 10.1. The smallest absolute Gasteiger partial charge is 0.306 e. The molecule has 0 saturated carbocycles. The monoisotopic (exact) mass is 244 g/mol. The predicted octanol–water partition coefficient (Wildman–Crippen LogP) is -0.184. The molecular formula is C11H20N2O4. The SMILES string of the molecule is CCC[C@H](N)C(=O)N1CCOC(CC(=O)O)C1. The Labute approximate surface area is 101 Å². The van der Waals surface area contributed by atoms with Crippen molar-refractivity contribution < 1.29 is 19.4 Å². The Morgan fingerprint density at radius 2 is 2.29 bits per heavy atom. The largest absolute Gasteiger partial charge is 0.481 e. The third-order valence-corrected chi connectivity index (χ3v) is 2.77. The maximum Gasteiger partial charge on any atom is 0.306 e. The minimum Gasteiger partial charge on any atom is -0.481 e. The maximum absolute atomic E-state index is 11.9. The van der Waals surface area contributed by atoms with Gasteiger partial charge in [0, 0.05) is 13.1 Å². The first-order valence-electron chi connectivity index (χ1n) is 5.92. The number of hydrogen-bond donors (Lipinski definition) is 2. The summed E-state index contributed by atoms with van der Waals surface area (Å²) < 4.78 is 5.29. The molecule has 6 heteroatoms. The normalized spacial score (nSPS) is 22.2.